The highest BCUT2D eigenvalue weighted by molar-refractivity contribution is 6.29. The van der Waals surface area contributed by atoms with E-state index >= 15 is 0 Å². The molecule has 0 aliphatic rings. The first-order chi connectivity index (χ1) is 49.2. The normalized spacial score (nSPS) is 12.2. The molecule has 0 atom stereocenters. The SMILES string of the molecule is N#Cc1c(-c2cccc3c2oc2ccccc23)c(-n2c3ccccc3c3ccc4c5ccccc5n(-c5ccccc5)c4c32)c(-c2cccc3c2oc2ccccc23)c(-n2c3ccccc3c3ccc4c5ccccc5n(-c5ccccc5)c4c32)c1-c1cccc2c1oc1ccccc12. The number of benzene rings is 15. The van der Waals surface area contributed by atoms with Gasteiger partial charge in [-0.3, -0.25) is 0 Å². The Morgan fingerprint density at radius 2 is 0.495 bits per heavy atom. The van der Waals surface area contributed by atoms with Crippen LogP contribution in [-0.2, 0) is 0 Å². The fourth-order valence-electron chi connectivity index (χ4n) is 17.1. The first-order valence-electron chi connectivity index (χ1n) is 33.5. The van der Waals surface area contributed by atoms with Gasteiger partial charge >= 0.3 is 0 Å². The molecule has 7 aromatic heterocycles. The molecule has 15 aromatic carbocycles. The molecule has 8 nitrogen and oxygen atoms in total. The fourth-order valence-corrected chi connectivity index (χ4v) is 17.1. The van der Waals surface area contributed by atoms with Crippen LogP contribution in [0.25, 0.3) is 209 Å². The molecule has 99 heavy (non-hydrogen) atoms. The Labute approximate surface area is 563 Å². The van der Waals surface area contributed by atoms with Crippen molar-refractivity contribution in [1.82, 2.24) is 18.3 Å². The second kappa shape index (κ2) is 20.2. The Morgan fingerprint density at radius 3 is 0.838 bits per heavy atom. The van der Waals surface area contributed by atoms with Crippen LogP contribution < -0.4 is 0 Å². The Bertz CT molecular complexity index is 6930. The molecule has 22 aromatic rings. The van der Waals surface area contributed by atoms with Crippen molar-refractivity contribution < 1.29 is 13.3 Å². The van der Waals surface area contributed by atoms with Crippen molar-refractivity contribution >= 4 is 153 Å². The summed E-state index contributed by atoms with van der Waals surface area (Å²) in [6.07, 6.45) is 0. The number of furan rings is 3. The van der Waals surface area contributed by atoms with Gasteiger partial charge in [0.15, 0.2) is 0 Å². The molecule has 458 valence electrons. The smallest absolute Gasteiger partial charge is 0.143 e. The summed E-state index contributed by atoms with van der Waals surface area (Å²) in [4.78, 5) is 0. The zero-order valence-corrected chi connectivity index (χ0v) is 52.9. The molecule has 0 saturated heterocycles. The van der Waals surface area contributed by atoms with Crippen molar-refractivity contribution in [3.8, 4) is 62.2 Å². The first kappa shape index (κ1) is 53.7. The molecule has 22 rings (SSSR count). The van der Waals surface area contributed by atoms with Crippen molar-refractivity contribution in [3.63, 3.8) is 0 Å². The van der Waals surface area contributed by atoms with Gasteiger partial charge < -0.3 is 31.5 Å². The summed E-state index contributed by atoms with van der Waals surface area (Å²) in [7, 11) is 0. The second-order valence-electron chi connectivity index (χ2n) is 25.9. The van der Waals surface area contributed by atoms with Gasteiger partial charge in [0.1, 0.15) is 39.6 Å². The van der Waals surface area contributed by atoms with E-state index in [0.717, 1.165) is 181 Å². The molecule has 0 fully saturated rings. The predicted molar refractivity (Wildman–Crippen MR) is 407 cm³/mol. The number of hydrogen-bond acceptors (Lipinski definition) is 4. The monoisotopic (exact) mass is 1260 g/mol. The quantitative estimate of drug-likeness (QED) is 0.159. The summed E-state index contributed by atoms with van der Waals surface area (Å²) < 4.78 is 32.2. The molecule has 0 saturated carbocycles. The molecule has 0 aliphatic carbocycles. The summed E-state index contributed by atoms with van der Waals surface area (Å²) in [5, 5.41) is 27.8. The van der Waals surface area contributed by atoms with Crippen LogP contribution in [0.1, 0.15) is 5.56 Å². The van der Waals surface area contributed by atoms with Crippen molar-refractivity contribution in [2.24, 2.45) is 0 Å². The van der Waals surface area contributed by atoms with E-state index in [4.69, 9.17) is 13.3 Å². The van der Waals surface area contributed by atoms with E-state index in [9.17, 15) is 5.26 Å². The second-order valence-corrected chi connectivity index (χ2v) is 25.9. The number of aromatic nitrogens is 4. The third-order valence-electron chi connectivity index (χ3n) is 21.0. The van der Waals surface area contributed by atoms with Gasteiger partial charge in [-0.1, -0.05) is 243 Å². The van der Waals surface area contributed by atoms with Gasteiger partial charge in [0, 0.05) is 120 Å². The van der Waals surface area contributed by atoms with Gasteiger partial charge in [0.05, 0.1) is 61.1 Å². The van der Waals surface area contributed by atoms with E-state index in [1.165, 1.54) is 0 Å². The van der Waals surface area contributed by atoms with Crippen molar-refractivity contribution in [3.05, 3.63) is 315 Å². The molecular weight excluding hydrogens is 1210 g/mol. The molecule has 8 heteroatoms. The van der Waals surface area contributed by atoms with E-state index < -0.39 is 0 Å². The van der Waals surface area contributed by atoms with E-state index in [0.29, 0.717) is 33.4 Å². The van der Waals surface area contributed by atoms with E-state index in [1.54, 1.807) is 0 Å². The highest BCUT2D eigenvalue weighted by Gasteiger charge is 2.37. The molecule has 0 aliphatic heterocycles. The molecular formula is C91H51N5O3. The van der Waals surface area contributed by atoms with Gasteiger partial charge in [-0.25, -0.2) is 0 Å². The molecule has 0 spiro atoms. The topological polar surface area (TPSA) is 82.9 Å². The first-order valence-corrected chi connectivity index (χ1v) is 33.5. The Balaban J connectivity index is 1.09. The maximum Gasteiger partial charge on any atom is 0.143 e. The minimum atomic E-state index is 0.421. The maximum atomic E-state index is 13.5. The van der Waals surface area contributed by atoms with Crippen LogP contribution in [-0.4, -0.2) is 18.3 Å². The van der Waals surface area contributed by atoms with Gasteiger partial charge in [0.2, 0.25) is 0 Å². The Morgan fingerprint density at radius 1 is 0.222 bits per heavy atom. The lowest BCUT2D eigenvalue weighted by Gasteiger charge is -2.28. The third-order valence-corrected chi connectivity index (χ3v) is 21.0. The molecule has 7 heterocycles. The number of rotatable bonds is 7. The molecule has 0 bridgehead atoms. The molecule has 0 amide bonds. The third kappa shape index (κ3) is 7.23. The summed E-state index contributed by atoms with van der Waals surface area (Å²) in [5.41, 5.74) is 20.6. The maximum absolute atomic E-state index is 13.5. The number of fused-ring (bicyclic) bond motifs is 23. The molecule has 0 N–H and O–H groups in total. The van der Waals surface area contributed by atoms with Crippen LogP contribution in [0.2, 0.25) is 0 Å². The van der Waals surface area contributed by atoms with Crippen LogP contribution in [0.4, 0.5) is 0 Å². The molecule has 0 unspecified atom stereocenters. The largest absolute Gasteiger partial charge is 0.455 e. The van der Waals surface area contributed by atoms with Crippen molar-refractivity contribution in [2.75, 3.05) is 0 Å². The van der Waals surface area contributed by atoms with Gasteiger partial charge in [0.25, 0.3) is 0 Å². The lowest BCUT2D eigenvalue weighted by atomic mass is 9.82. The zero-order valence-electron chi connectivity index (χ0n) is 52.9. The Kier molecular flexibility index (Phi) is 11.0. The lowest BCUT2D eigenvalue weighted by molar-refractivity contribution is 0.670. The number of para-hydroxylation sites is 12. The highest BCUT2D eigenvalue weighted by Crippen LogP contribution is 2.57. The van der Waals surface area contributed by atoms with E-state index in [1.807, 2.05) is 30.3 Å². The van der Waals surface area contributed by atoms with Crippen molar-refractivity contribution in [2.45, 2.75) is 0 Å². The standard InChI is InChI=1S/C91H51N5O3/c92-52-72-80(69-38-21-35-66-59-32-11-18-45-77(59)97-89(66)69)87(95-75-43-16-9-30-57(75)64-50-48-62-55-28-7-14-41-73(55)93(83(62)85(64)95)53-24-3-1-4-25-53)82(71-40-23-37-68-61-34-13-20-47-79(61)99-91(68)71)88(81(72)70-39-22-36-67-60-33-12-19-46-78(60)98-90(67)70)96-76-44-17-10-31-58(76)65-51-49-63-56-29-8-15-42-74(56)94(84(63)86(65)96)54-26-5-2-6-27-54/h1-51H. The summed E-state index contributed by atoms with van der Waals surface area (Å²) in [5.74, 6) is 0. The minimum absolute atomic E-state index is 0.421. The number of nitriles is 1. The van der Waals surface area contributed by atoms with Crippen LogP contribution in [0.15, 0.2) is 323 Å². The number of nitrogens with zero attached hydrogens (tertiary/aromatic N) is 5. The average Bonchev–Trinajstić information content (AvgIpc) is 1.57. The highest BCUT2D eigenvalue weighted by atomic mass is 16.3. The molecule has 0 radical (unpaired) electrons. The zero-order chi connectivity index (χ0) is 64.7. The minimum Gasteiger partial charge on any atom is -0.455 e. The summed E-state index contributed by atoms with van der Waals surface area (Å²) in [6.45, 7) is 0. The van der Waals surface area contributed by atoms with Crippen LogP contribution >= 0.6 is 0 Å². The fraction of sp³-hybridized carbons (Fsp3) is 0. The van der Waals surface area contributed by atoms with Gasteiger partial charge in [-0.15, -0.1) is 0 Å². The van der Waals surface area contributed by atoms with Crippen LogP contribution in [0.3, 0.4) is 0 Å². The van der Waals surface area contributed by atoms with Crippen molar-refractivity contribution in [1.29, 1.82) is 5.26 Å². The van der Waals surface area contributed by atoms with Gasteiger partial charge in [-0.05, 0) is 66.7 Å². The Hall–Kier alpha value is -13.6. The lowest BCUT2D eigenvalue weighted by Crippen LogP contribution is -2.11. The van der Waals surface area contributed by atoms with Gasteiger partial charge in [-0.2, -0.15) is 5.26 Å². The van der Waals surface area contributed by atoms with Crippen LogP contribution in [0, 0.1) is 11.3 Å². The van der Waals surface area contributed by atoms with Crippen LogP contribution in [0.5, 0.6) is 0 Å². The summed E-state index contributed by atoms with van der Waals surface area (Å²) >= 11 is 0. The average molecular weight is 1260 g/mol. The summed E-state index contributed by atoms with van der Waals surface area (Å²) in [6, 6.07) is 113. The van der Waals surface area contributed by atoms with E-state index in [2.05, 4.69) is 303 Å². The van der Waals surface area contributed by atoms with E-state index in [-0.39, 0.29) is 0 Å². The number of hydrogen-bond donors (Lipinski definition) is 0. The predicted octanol–water partition coefficient (Wildman–Crippen LogP) is 24.6.